The Balaban J connectivity index is 3.69. The molecular formula is C7H10. The van der Waals surface area contributed by atoms with E-state index < -0.39 is 0 Å². The zero-order chi connectivity index (χ0) is 5.70. The van der Waals surface area contributed by atoms with Gasteiger partial charge in [0.1, 0.15) is 0 Å². The van der Waals surface area contributed by atoms with Crippen molar-refractivity contribution in [2.24, 2.45) is 5.92 Å². The van der Waals surface area contributed by atoms with E-state index in [-0.39, 0.29) is 0 Å². The van der Waals surface area contributed by atoms with E-state index in [0.717, 1.165) is 0 Å². The van der Waals surface area contributed by atoms with Crippen LogP contribution in [0, 0.1) is 5.92 Å². The normalized spacial score (nSPS) is 7.29. The third kappa shape index (κ3) is 5.30. The maximum absolute atomic E-state index is 3.37. The van der Waals surface area contributed by atoms with Crippen molar-refractivity contribution in [1.29, 1.82) is 0 Å². The van der Waals surface area contributed by atoms with Crippen LogP contribution in [0.15, 0.2) is 24.1 Å². The molecule has 0 aliphatic heterocycles. The van der Waals surface area contributed by atoms with Gasteiger partial charge in [-0.3, -0.25) is 0 Å². The molecule has 0 saturated heterocycles. The van der Waals surface area contributed by atoms with Crippen LogP contribution in [0.5, 0.6) is 0 Å². The van der Waals surface area contributed by atoms with Crippen molar-refractivity contribution in [3.05, 3.63) is 24.1 Å². The summed E-state index contributed by atoms with van der Waals surface area (Å²) < 4.78 is 0. The van der Waals surface area contributed by atoms with Crippen LogP contribution < -0.4 is 0 Å². The maximum atomic E-state index is 3.37. The summed E-state index contributed by atoms with van der Waals surface area (Å²) in [5, 5.41) is 0. The minimum absolute atomic E-state index is 0.564. The van der Waals surface area contributed by atoms with Crippen LogP contribution in [0.4, 0.5) is 0 Å². The van der Waals surface area contributed by atoms with Gasteiger partial charge < -0.3 is 0 Å². The van der Waals surface area contributed by atoms with Crippen molar-refractivity contribution >= 4 is 0 Å². The van der Waals surface area contributed by atoms with Gasteiger partial charge in [0.2, 0.25) is 0 Å². The molecule has 0 N–H and O–H groups in total. The first kappa shape index (κ1) is 6.30. The molecule has 0 aliphatic carbocycles. The molecule has 0 aromatic rings. The molecule has 0 spiro atoms. The Morgan fingerprint density at radius 1 is 1.57 bits per heavy atom. The number of hydrogen-bond acceptors (Lipinski definition) is 0. The molecule has 0 aliphatic rings. The minimum Gasteiger partial charge on any atom is -0.0785 e. The summed E-state index contributed by atoms with van der Waals surface area (Å²) in [5.41, 5.74) is 5.31. The second-order valence-corrected chi connectivity index (χ2v) is 1.73. The fraction of sp³-hybridized carbons (Fsp3) is 0.429. The molecule has 0 atom stereocenters. The summed E-state index contributed by atoms with van der Waals surface area (Å²) in [6.07, 6.45) is 1.92. The first-order chi connectivity index (χ1) is 3.27. The van der Waals surface area contributed by atoms with Gasteiger partial charge in [0.05, 0.1) is 0 Å². The number of hydrogen-bond donors (Lipinski definition) is 0. The van der Waals surface area contributed by atoms with E-state index in [1.54, 1.807) is 0 Å². The monoisotopic (exact) mass is 94.1 g/mol. The van der Waals surface area contributed by atoms with Gasteiger partial charge in [-0.05, 0) is 18.6 Å². The molecule has 38 valence electrons. The predicted octanol–water partition coefficient (Wildman–Crippen LogP) is 2.14. The lowest BCUT2D eigenvalue weighted by Gasteiger charge is -1.83. The van der Waals surface area contributed by atoms with Crippen LogP contribution in [0.25, 0.3) is 0 Å². The molecule has 0 fully saturated rings. The molecule has 0 unspecified atom stereocenters. The SMILES string of the molecule is C=C=C=CC(C)C. The first-order valence-electron chi connectivity index (χ1n) is 2.38. The molecule has 7 heavy (non-hydrogen) atoms. The maximum Gasteiger partial charge on any atom is -0.0208 e. The Hall–Kier alpha value is -0.700. The van der Waals surface area contributed by atoms with Gasteiger partial charge in [-0.15, -0.1) is 0 Å². The smallest absolute Gasteiger partial charge is 0.0208 e. The van der Waals surface area contributed by atoms with Gasteiger partial charge in [-0.1, -0.05) is 25.3 Å². The van der Waals surface area contributed by atoms with Gasteiger partial charge in [-0.2, -0.15) is 0 Å². The molecule has 0 amide bonds. The highest BCUT2D eigenvalue weighted by molar-refractivity contribution is 4.82. The van der Waals surface area contributed by atoms with E-state index in [4.69, 9.17) is 0 Å². The summed E-state index contributed by atoms with van der Waals surface area (Å²) in [4.78, 5) is 0. The molecule has 0 heterocycles. The lowest BCUT2D eigenvalue weighted by Crippen LogP contribution is -1.72. The fourth-order valence-electron chi connectivity index (χ4n) is 0.226. The van der Waals surface area contributed by atoms with Crippen molar-refractivity contribution in [3.63, 3.8) is 0 Å². The van der Waals surface area contributed by atoms with Crippen LogP contribution in [0.2, 0.25) is 0 Å². The number of rotatable bonds is 1. The van der Waals surface area contributed by atoms with Crippen molar-refractivity contribution in [2.75, 3.05) is 0 Å². The standard InChI is InChI=1S/C7H10/c1-4-5-6-7(2)3/h6-7H,1H2,2-3H3. The molecule has 0 saturated carbocycles. The molecule has 0 nitrogen and oxygen atoms in total. The minimum atomic E-state index is 0.564. The Morgan fingerprint density at radius 2 is 2.14 bits per heavy atom. The lowest BCUT2D eigenvalue weighted by atomic mass is 10.2. The number of allylic oxidation sites excluding steroid dienone is 1. The summed E-state index contributed by atoms with van der Waals surface area (Å²) in [5.74, 6) is 0.564. The predicted molar refractivity (Wildman–Crippen MR) is 32.1 cm³/mol. The van der Waals surface area contributed by atoms with E-state index in [2.05, 4.69) is 31.9 Å². The third-order valence-corrected chi connectivity index (χ3v) is 0.519. The Morgan fingerprint density at radius 3 is 2.29 bits per heavy atom. The van der Waals surface area contributed by atoms with Crippen molar-refractivity contribution < 1.29 is 0 Å². The van der Waals surface area contributed by atoms with Gasteiger partial charge in [0, 0.05) is 0 Å². The van der Waals surface area contributed by atoms with E-state index >= 15 is 0 Å². The highest BCUT2D eigenvalue weighted by atomic mass is 13.8. The van der Waals surface area contributed by atoms with Gasteiger partial charge in [0.25, 0.3) is 0 Å². The van der Waals surface area contributed by atoms with Crippen molar-refractivity contribution in [2.45, 2.75) is 13.8 Å². The molecule has 0 radical (unpaired) electrons. The topological polar surface area (TPSA) is 0 Å². The first-order valence-corrected chi connectivity index (χ1v) is 2.38. The summed E-state index contributed by atoms with van der Waals surface area (Å²) >= 11 is 0. The van der Waals surface area contributed by atoms with E-state index in [9.17, 15) is 0 Å². The molecular weight excluding hydrogens is 84.1 g/mol. The largest absolute Gasteiger partial charge is 0.0785 e. The third-order valence-electron chi connectivity index (χ3n) is 0.519. The quantitative estimate of drug-likeness (QED) is 0.437. The van der Waals surface area contributed by atoms with Crippen molar-refractivity contribution in [3.8, 4) is 0 Å². The second-order valence-electron chi connectivity index (χ2n) is 1.73. The van der Waals surface area contributed by atoms with Gasteiger partial charge >= 0.3 is 0 Å². The van der Waals surface area contributed by atoms with Crippen LogP contribution in [-0.4, -0.2) is 0 Å². The average molecular weight is 94.2 g/mol. The molecule has 0 heteroatoms. The highest BCUT2D eigenvalue weighted by Gasteiger charge is 1.76. The van der Waals surface area contributed by atoms with E-state index in [1.165, 1.54) is 0 Å². The highest BCUT2D eigenvalue weighted by Crippen LogP contribution is 1.89. The Bertz CT molecular complexity index is 108. The van der Waals surface area contributed by atoms with E-state index in [0.29, 0.717) is 5.92 Å². The summed E-state index contributed by atoms with van der Waals surface area (Å²) in [7, 11) is 0. The molecule has 0 aromatic carbocycles. The van der Waals surface area contributed by atoms with Crippen LogP contribution in [-0.2, 0) is 0 Å². The van der Waals surface area contributed by atoms with Crippen LogP contribution >= 0.6 is 0 Å². The molecule has 0 rings (SSSR count). The summed E-state index contributed by atoms with van der Waals surface area (Å²) in [6.45, 7) is 7.54. The Kier molecular flexibility index (Phi) is 3.14. The van der Waals surface area contributed by atoms with Crippen LogP contribution in [0.3, 0.4) is 0 Å². The second kappa shape index (κ2) is 3.49. The summed E-state index contributed by atoms with van der Waals surface area (Å²) in [6, 6.07) is 0. The van der Waals surface area contributed by atoms with Gasteiger partial charge in [0.15, 0.2) is 0 Å². The Labute approximate surface area is 44.9 Å². The molecule has 0 bridgehead atoms. The van der Waals surface area contributed by atoms with E-state index in [1.807, 2.05) is 6.08 Å². The average Bonchev–Trinajstić information content (AvgIpc) is 1.61. The molecule has 0 aromatic heterocycles. The fourth-order valence-corrected chi connectivity index (χ4v) is 0.226. The zero-order valence-electron chi connectivity index (χ0n) is 4.86. The van der Waals surface area contributed by atoms with Crippen molar-refractivity contribution in [1.82, 2.24) is 0 Å². The zero-order valence-corrected chi connectivity index (χ0v) is 4.86. The lowest BCUT2D eigenvalue weighted by molar-refractivity contribution is 0.833. The van der Waals surface area contributed by atoms with Crippen LogP contribution in [0.1, 0.15) is 13.8 Å². The van der Waals surface area contributed by atoms with Gasteiger partial charge in [-0.25, -0.2) is 0 Å².